The Morgan fingerprint density at radius 1 is 1.04 bits per heavy atom. The van der Waals surface area contributed by atoms with Crippen LogP contribution in [0.3, 0.4) is 0 Å². The van der Waals surface area contributed by atoms with Gasteiger partial charge < -0.3 is 39.4 Å². The normalized spacial score (nSPS) is 22.4. The molecule has 5 atom stereocenters. The minimum Gasteiger partial charge on any atom is -0.465 e. The Morgan fingerprint density at radius 3 is 2.54 bits per heavy atom. The third-order valence-corrected chi connectivity index (χ3v) is 12.4. The van der Waals surface area contributed by atoms with E-state index in [1.54, 1.807) is 6.07 Å². The van der Waals surface area contributed by atoms with E-state index in [4.69, 9.17) is 18.9 Å². The van der Waals surface area contributed by atoms with E-state index in [0.717, 1.165) is 44.3 Å². The lowest BCUT2D eigenvalue weighted by molar-refractivity contribution is -0.0906. The zero-order valence-electron chi connectivity index (χ0n) is 30.0. The molecule has 0 saturated carbocycles. The van der Waals surface area contributed by atoms with Crippen LogP contribution in [-0.2, 0) is 25.9 Å². The molecule has 14 nitrogen and oxygen atoms in total. The number of rotatable bonds is 16. The number of nitrogens with zero attached hydrogens (tertiary/aromatic N) is 3. The molecule has 0 aromatic heterocycles. The lowest BCUT2D eigenvalue weighted by atomic mass is 9.87. The average Bonchev–Trinajstić information content (AvgIpc) is 3.94. The largest absolute Gasteiger partial charge is 0.465 e. The molecule has 3 fully saturated rings. The Bertz CT molecular complexity index is 1640. The first-order valence-electron chi connectivity index (χ1n) is 18.3. The first-order valence-corrected chi connectivity index (χ1v) is 19.8. The molecule has 4 aliphatic heterocycles. The predicted octanol–water partition coefficient (Wildman–Crippen LogP) is 4.12. The first kappa shape index (κ1) is 38.1. The fraction of sp³-hybridized carbons (Fsp3) is 0.622. The number of ether oxygens (including phenoxy) is 4. The van der Waals surface area contributed by atoms with Gasteiger partial charge in [0.1, 0.15) is 0 Å². The number of aliphatic hydroxyl groups is 1. The number of hydrogen-bond donors (Lipinski definition) is 3. The molecular formula is C37H52N4O10S. The number of likely N-dealkylation sites (tertiary alicyclic amines) is 1. The summed E-state index contributed by atoms with van der Waals surface area (Å²) in [5, 5.41) is 25.8. The van der Waals surface area contributed by atoms with Crippen molar-refractivity contribution < 1.29 is 47.2 Å². The van der Waals surface area contributed by atoms with E-state index in [-0.39, 0.29) is 49.8 Å². The smallest absolute Gasteiger partial charge is 0.407 e. The van der Waals surface area contributed by atoms with E-state index in [1.165, 1.54) is 21.3 Å². The van der Waals surface area contributed by atoms with Gasteiger partial charge in [0.05, 0.1) is 36.3 Å². The average molecular weight is 745 g/mol. The molecule has 0 bridgehead atoms. The van der Waals surface area contributed by atoms with Crippen molar-refractivity contribution in [3.63, 3.8) is 0 Å². The van der Waals surface area contributed by atoms with Gasteiger partial charge in [0.15, 0.2) is 17.8 Å². The van der Waals surface area contributed by atoms with Crippen LogP contribution in [0.1, 0.15) is 57.9 Å². The number of benzene rings is 2. The van der Waals surface area contributed by atoms with Gasteiger partial charge in [-0.3, -0.25) is 4.90 Å². The molecule has 52 heavy (non-hydrogen) atoms. The molecule has 0 spiro atoms. The summed E-state index contributed by atoms with van der Waals surface area (Å²) in [5.41, 5.74) is 0.260. The highest BCUT2D eigenvalue weighted by atomic mass is 32.2. The van der Waals surface area contributed by atoms with Crippen LogP contribution >= 0.6 is 0 Å². The second-order valence-electron chi connectivity index (χ2n) is 15.0. The van der Waals surface area contributed by atoms with Crippen LogP contribution < -0.4 is 14.8 Å². The van der Waals surface area contributed by atoms with E-state index in [2.05, 4.69) is 5.32 Å². The maximum absolute atomic E-state index is 14.5. The number of aliphatic hydroxyl groups excluding tert-OH is 1. The minimum atomic E-state index is -4.23. The van der Waals surface area contributed by atoms with Gasteiger partial charge in [0.25, 0.3) is 0 Å². The Kier molecular flexibility index (Phi) is 12.2. The molecular weight excluding hydrogens is 692 g/mol. The van der Waals surface area contributed by atoms with Crippen molar-refractivity contribution in [2.24, 2.45) is 11.3 Å². The maximum Gasteiger partial charge on any atom is 0.407 e. The second-order valence-corrected chi connectivity index (χ2v) is 16.9. The fourth-order valence-electron chi connectivity index (χ4n) is 7.81. The highest BCUT2D eigenvalue weighted by Crippen LogP contribution is 2.38. The molecule has 3 N–H and O–H groups in total. The Morgan fingerprint density at radius 2 is 1.79 bits per heavy atom. The van der Waals surface area contributed by atoms with Gasteiger partial charge in [-0.15, -0.1) is 0 Å². The second kappa shape index (κ2) is 16.6. The first-order chi connectivity index (χ1) is 24.9. The van der Waals surface area contributed by atoms with Gasteiger partial charge in [0.2, 0.25) is 16.8 Å². The van der Waals surface area contributed by atoms with E-state index < -0.39 is 46.0 Å². The molecule has 4 aliphatic rings. The number of carbonyl (C=O) groups excluding carboxylic acids is 1. The van der Waals surface area contributed by atoms with Crippen LogP contribution in [0.15, 0.2) is 53.4 Å². The number of fused-ring (bicyclic) bond motifs is 2. The number of hydrogen-bond acceptors (Lipinski definition) is 9. The zero-order valence-corrected chi connectivity index (χ0v) is 30.8. The van der Waals surface area contributed by atoms with Crippen LogP contribution in [0.25, 0.3) is 0 Å². The van der Waals surface area contributed by atoms with Crippen LogP contribution in [0.5, 0.6) is 11.5 Å². The molecule has 15 heteroatoms. The van der Waals surface area contributed by atoms with Gasteiger partial charge in [-0.25, -0.2) is 18.0 Å². The zero-order chi connectivity index (χ0) is 36.9. The summed E-state index contributed by atoms with van der Waals surface area (Å²) in [6.45, 7) is 6.28. The number of urea groups is 1. The van der Waals surface area contributed by atoms with Gasteiger partial charge in [-0.05, 0) is 61.6 Å². The summed E-state index contributed by atoms with van der Waals surface area (Å²) in [6.07, 6.45) is 1.79. The summed E-state index contributed by atoms with van der Waals surface area (Å²) in [6, 6.07) is 12.1. The maximum atomic E-state index is 14.5. The Labute approximate surface area is 306 Å². The number of nitrogens with one attached hydrogen (secondary N) is 1. The quantitative estimate of drug-likeness (QED) is 0.213. The summed E-state index contributed by atoms with van der Waals surface area (Å²) in [7, 11) is -4.23. The van der Waals surface area contributed by atoms with Crippen molar-refractivity contribution >= 4 is 22.1 Å². The lowest BCUT2D eigenvalue weighted by Gasteiger charge is -2.40. The molecule has 0 aliphatic carbocycles. The molecule has 6 rings (SSSR count). The molecule has 2 aromatic rings. The fourth-order valence-corrected chi connectivity index (χ4v) is 9.47. The van der Waals surface area contributed by atoms with Crippen molar-refractivity contribution in [3.05, 3.63) is 54.1 Å². The molecule has 0 unspecified atom stereocenters. The summed E-state index contributed by atoms with van der Waals surface area (Å²) < 4.78 is 52.7. The Balaban J connectivity index is 1.23. The molecule has 4 heterocycles. The van der Waals surface area contributed by atoms with E-state index in [1.807, 2.05) is 49.1 Å². The lowest BCUT2D eigenvalue weighted by Crippen LogP contribution is -2.58. The molecule has 3 amide bonds. The molecule has 2 aromatic carbocycles. The summed E-state index contributed by atoms with van der Waals surface area (Å²) in [4.78, 5) is 28.6. The monoisotopic (exact) mass is 744 g/mol. The van der Waals surface area contributed by atoms with E-state index in [9.17, 15) is 28.2 Å². The summed E-state index contributed by atoms with van der Waals surface area (Å²) >= 11 is 0. The van der Waals surface area contributed by atoms with Crippen molar-refractivity contribution in [3.8, 4) is 11.5 Å². The van der Waals surface area contributed by atoms with Crippen molar-refractivity contribution in [2.45, 2.75) is 88.2 Å². The molecule has 286 valence electrons. The number of unbranched alkanes of at least 4 members (excludes halogenated alkanes) is 1. The molecule has 0 radical (unpaired) electrons. The van der Waals surface area contributed by atoms with Crippen molar-refractivity contribution in [1.82, 2.24) is 19.4 Å². The van der Waals surface area contributed by atoms with Crippen LogP contribution in [0, 0.1) is 11.3 Å². The number of carbonyl (C=O) groups is 2. The highest BCUT2D eigenvalue weighted by Gasteiger charge is 2.49. The third kappa shape index (κ3) is 8.93. The Hall–Kier alpha value is -3.63. The van der Waals surface area contributed by atoms with E-state index >= 15 is 0 Å². The predicted molar refractivity (Wildman–Crippen MR) is 191 cm³/mol. The SMILES string of the molecule is CC(C)(CCCCNC(=O)N1CCCC1)CN(C[C@@H](O)[C@H](Cc1ccccc1)N(C(=O)O)[C@H]1CO[C@H]2OCC[C@H]21)S(=O)(=O)c1ccc2c(c1)OCO2. The van der Waals surface area contributed by atoms with Gasteiger partial charge >= 0.3 is 12.1 Å². The molecule has 3 saturated heterocycles. The topological polar surface area (TPSA) is 167 Å². The third-order valence-electron chi connectivity index (χ3n) is 10.6. The standard InChI is InChI=1S/C37H52N4O10S/c1-37(2,15-6-7-16-38-35(43)39-17-8-9-18-39)24-40(52(46,47)27-12-13-32-33(21-27)51-25-50-32)22-31(42)29(20-26-10-4-3-5-11-26)41(36(44)45)30-23-49-34-28(30)14-19-48-34/h3-5,10-13,21,28-31,34,42H,6-9,14-20,22-25H2,1-2H3,(H,38,43)(H,44,45)/t28-,29-,30-,31+,34+/m0/s1. The minimum absolute atomic E-state index is 0.0171. The highest BCUT2D eigenvalue weighted by molar-refractivity contribution is 7.89. The number of carboxylic acid groups (broad SMARTS) is 1. The summed E-state index contributed by atoms with van der Waals surface area (Å²) in [5.74, 6) is 0.551. The van der Waals surface area contributed by atoms with Gasteiger partial charge in [-0.2, -0.15) is 4.31 Å². The number of amides is 3. The van der Waals surface area contributed by atoms with E-state index in [0.29, 0.717) is 37.5 Å². The van der Waals surface area contributed by atoms with Gasteiger partial charge in [-0.1, -0.05) is 50.6 Å². The number of sulfonamides is 1. The van der Waals surface area contributed by atoms with Crippen LogP contribution in [0.4, 0.5) is 9.59 Å². The van der Waals surface area contributed by atoms with Crippen LogP contribution in [-0.4, -0.2) is 122 Å². The van der Waals surface area contributed by atoms with Gasteiger partial charge in [0, 0.05) is 44.7 Å². The van der Waals surface area contributed by atoms with Crippen LogP contribution in [0.2, 0.25) is 0 Å². The van der Waals surface area contributed by atoms with Crippen molar-refractivity contribution in [1.29, 1.82) is 0 Å². The van der Waals surface area contributed by atoms with Crippen molar-refractivity contribution in [2.75, 3.05) is 52.7 Å².